The Morgan fingerprint density at radius 2 is 1.73 bits per heavy atom. The van der Waals surface area contributed by atoms with E-state index in [1.54, 1.807) is 12.1 Å². The molecule has 0 aliphatic carbocycles. The van der Waals surface area contributed by atoms with Crippen molar-refractivity contribution in [3.8, 4) is 0 Å². The van der Waals surface area contributed by atoms with Gasteiger partial charge in [0.05, 0.1) is 11.1 Å². The predicted octanol–water partition coefficient (Wildman–Crippen LogP) is -0.664. The summed E-state index contributed by atoms with van der Waals surface area (Å²) in [6, 6.07) is 6.13. The number of aryl methyl sites for hydroxylation is 1. The van der Waals surface area contributed by atoms with Gasteiger partial charge in [0.2, 0.25) is 0 Å². The average molecular weight is 302 g/mol. The van der Waals surface area contributed by atoms with Gasteiger partial charge in [-0.3, -0.25) is 14.2 Å². The van der Waals surface area contributed by atoms with Gasteiger partial charge >= 0.3 is 11.7 Å². The summed E-state index contributed by atoms with van der Waals surface area (Å²) >= 11 is 0. The largest absolute Gasteiger partial charge is 0.354 e. The summed E-state index contributed by atoms with van der Waals surface area (Å²) in [4.78, 5) is 52.1. The minimum atomic E-state index is -0.949. The Hall–Kier alpha value is -3.23. The van der Waals surface area contributed by atoms with E-state index in [-0.39, 0.29) is 11.1 Å². The lowest BCUT2D eigenvalue weighted by Crippen LogP contribution is -2.35. The summed E-state index contributed by atoms with van der Waals surface area (Å²) in [6.07, 6.45) is 1.23. The van der Waals surface area contributed by atoms with E-state index in [0.717, 1.165) is 4.68 Å². The smallest absolute Gasteiger partial charge is 0.328 e. The molecule has 0 spiro atoms. The fourth-order valence-corrected chi connectivity index (χ4v) is 2.03. The van der Waals surface area contributed by atoms with Crippen LogP contribution in [0.15, 0.2) is 35.4 Å². The molecule has 2 amide bonds. The van der Waals surface area contributed by atoms with Crippen LogP contribution in [0.1, 0.15) is 20.7 Å². The van der Waals surface area contributed by atoms with Crippen LogP contribution in [0.5, 0.6) is 0 Å². The molecule has 1 aliphatic heterocycles. The molecule has 9 heteroatoms. The highest BCUT2D eigenvalue weighted by Gasteiger charge is 2.38. The van der Waals surface area contributed by atoms with Gasteiger partial charge in [0.15, 0.2) is 0 Å². The fourth-order valence-electron chi connectivity index (χ4n) is 2.03. The summed E-state index contributed by atoms with van der Waals surface area (Å²) < 4.78 is 2.04. The van der Waals surface area contributed by atoms with Crippen LogP contribution in [-0.4, -0.2) is 37.2 Å². The first-order chi connectivity index (χ1) is 10.5. The molecule has 112 valence electrons. The third-order valence-corrected chi connectivity index (χ3v) is 3.12. The maximum Gasteiger partial charge on any atom is 0.354 e. The van der Waals surface area contributed by atoms with Crippen LogP contribution in [0, 0.1) is 0 Å². The van der Waals surface area contributed by atoms with Crippen molar-refractivity contribution in [2.75, 3.05) is 0 Å². The lowest BCUT2D eigenvalue weighted by Gasteiger charge is -2.12. The van der Waals surface area contributed by atoms with Crippen molar-refractivity contribution in [1.29, 1.82) is 0 Å². The molecule has 0 radical (unpaired) electrons. The molecule has 0 saturated carbocycles. The highest BCUT2D eigenvalue weighted by molar-refractivity contribution is 6.20. The summed E-state index contributed by atoms with van der Waals surface area (Å²) in [5.41, 5.74) is -0.190. The maximum absolute atomic E-state index is 12.0. The van der Waals surface area contributed by atoms with E-state index < -0.39 is 30.0 Å². The fraction of sp³-hybridized carbons (Fsp3) is 0.154. The molecule has 1 aromatic heterocycles. The SMILES string of the molecule is Cn1cnn(CC(=O)ON2C(=O)c3ccccc3C2=O)c1=O. The minimum absolute atomic E-state index is 0.162. The second-order valence-electron chi connectivity index (χ2n) is 4.60. The van der Waals surface area contributed by atoms with Gasteiger partial charge in [0, 0.05) is 7.05 Å². The third kappa shape index (κ3) is 2.08. The normalized spacial score (nSPS) is 13.4. The molecule has 1 aliphatic rings. The highest BCUT2D eigenvalue weighted by atomic mass is 16.7. The maximum atomic E-state index is 12.0. The monoisotopic (exact) mass is 302 g/mol. The molecular formula is C13H10N4O5. The summed E-state index contributed by atoms with van der Waals surface area (Å²) in [6.45, 7) is -0.507. The molecule has 0 saturated heterocycles. The first-order valence-electron chi connectivity index (χ1n) is 6.26. The molecule has 3 rings (SSSR count). The number of carbonyl (C=O) groups excluding carboxylic acids is 3. The average Bonchev–Trinajstić information content (AvgIpc) is 2.94. The Balaban J connectivity index is 1.76. The molecule has 0 bridgehead atoms. The zero-order valence-electron chi connectivity index (χ0n) is 11.4. The molecule has 9 nitrogen and oxygen atoms in total. The van der Waals surface area contributed by atoms with Crippen LogP contribution >= 0.6 is 0 Å². The quantitative estimate of drug-likeness (QED) is 0.697. The Kier molecular flexibility index (Phi) is 3.09. The van der Waals surface area contributed by atoms with Crippen molar-refractivity contribution in [3.05, 3.63) is 52.2 Å². The molecule has 2 aromatic rings. The van der Waals surface area contributed by atoms with Gasteiger partial charge in [-0.05, 0) is 12.1 Å². The molecule has 2 heterocycles. The summed E-state index contributed by atoms with van der Waals surface area (Å²) in [7, 11) is 1.47. The van der Waals surface area contributed by atoms with Crippen LogP contribution in [-0.2, 0) is 23.2 Å². The molecular weight excluding hydrogens is 292 g/mol. The van der Waals surface area contributed by atoms with E-state index in [4.69, 9.17) is 4.84 Å². The minimum Gasteiger partial charge on any atom is -0.328 e. The Labute approximate surface area is 123 Å². The van der Waals surface area contributed by atoms with E-state index in [9.17, 15) is 19.2 Å². The molecule has 22 heavy (non-hydrogen) atoms. The van der Waals surface area contributed by atoms with Gasteiger partial charge in [0.25, 0.3) is 11.8 Å². The van der Waals surface area contributed by atoms with Gasteiger partial charge < -0.3 is 4.84 Å². The standard InChI is InChI=1S/C13H10N4O5/c1-15-7-14-16(13(15)21)6-10(18)22-17-11(19)8-4-2-3-5-9(8)12(17)20/h2-5,7H,6H2,1H3. The number of hydrogen-bond donors (Lipinski definition) is 0. The van der Waals surface area contributed by atoms with Crippen LogP contribution < -0.4 is 5.69 Å². The van der Waals surface area contributed by atoms with E-state index in [1.165, 1.54) is 30.1 Å². The van der Waals surface area contributed by atoms with Crippen molar-refractivity contribution in [2.24, 2.45) is 7.05 Å². The van der Waals surface area contributed by atoms with E-state index in [1.807, 2.05) is 0 Å². The van der Waals surface area contributed by atoms with E-state index in [0.29, 0.717) is 5.06 Å². The van der Waals surface area contributed by atoms with Gasteiger partial charge in [0.1, 0.15) is 12.9 Å². The molecule has 0 unspecified atom stereocenters. The number of hydrogen-bond acceptors (Lipinski definition) is 6. The number of benzene rings is 1. The van der Waals surface area contributed by atoms with Crippen molar-refractivity contribution in [3.63, 3.8) is 0 Å². The number of aromatic nitrogens is 3. The van der Waals surface area contributed by atoms with E-state index in [2.05, 4.69) is 5.10 Å². The first kappa shape index (κ1) is 13.7. The first-order valence-corrected chi connectivity index (χ1v) is 6.26. The van der Waals surface area contributed by atoms with Crippen molar-refractivity contribution in [1.82, 2.24) is 19.4 Å². The lowest BCUT2D eigenvalue weighted by atomic mass is 10.1. The number of hydroxylamine groups is 2. The van der Waals surface area contributed by atoms with Crippen LogP contribution in [0.4, 0.5) is 0 Å². The Bertz CT molecular complexity index is 815. The van der Waals surface area contributed by atoms with Crippen LogP contribution in [0.3, 0.4) is 0 Å². The molecule has 0 atom stereocenters. The van der Waals surface area contributed by atoms with Gasteiger partial charge in [-0.25, -0.2) is 14.3 Å². The lowest BCUT2D eigenvalue weighted by molar-refractivity contribution is -0.169. The summed E-state index contributed by atoms with van der Waals surface area (Å²) in [5.74, 6) is -2.39. The number of imide groups is 1. The zero-order valence-corrected chi connectivity index (χ0v) is 11.4. The molecule has 0 fully saturated rings. The topological polar surface area (TPSA) is 104 Å². The van der Waals surface area contributed by atoms with E-state index >= 15 is 0 Å². The van der Waals surface area contributed by atoms with Gasteiger partial charge in [-0.2, -0.15) is 5.10 Å². The zero-order chi connectivity index (χ0) is 15.9. The van der Waals surface area contributed by atoms with Gasteiger partial charge in [-0.1, -0.05) is 17.2 Å². The van der Waals surface area contributed by atoms with Crippen LogP contribution in [0.2, 0.25) is 0 Å². The number of carbonyl (C=O) groups is 3. The Morgan fingerprint density at radius 3 is 2.23 bits per heavy atom. The van der Waals surface area contributed by atoms with Crippen molar-refractivity contribution in [2.45, 2.75) is 6.54 Å². The predicted molar refractivity (Wildman–Crippen MR) is 70.5 cm³/mol. The molecule has 0 N–H and O–H groups in total. The van der Waals surface area contributed by atoms with Crippen LogP contribution in [0.25, 0.3) is 0 Å². The third-order valence-electron chi connectivity index (χ3n) is 3.12. The second kappa shape index (κ2) is 4.95. The summed E-state index contributed by atoms with van der Waals surface area (Å²) in [5, 5.41) is 4.08. The molecule has 1 aromatic carbocycles. The highest BCUT2D eigenvalue weighted by Crippen LogP contribution is 2.22. The number of rotatable bonds is 3. The van der Waals surface area contributed by atoms with Crippen molar-refractivity contribution < 1.29 is 19.2 Å². The number of nitrogens with zero attached hydrogens (tertiary/aromatic N) is 4. The second-order valence-corrected chi connectivity index (χ2v) is 4.60. The van der Waals surface area contributed by atoms with Crippen molar-refractivity contribution >= 4 is 17.8 Å². The number of amides is 2. The number of fused-ring (bicyclic) bond motifs is 1. The van der Waals surface area contributed by atoms with Gasteiger partial charge in [-0.15, -0.1) is 0 Å². The Morgan fingerprint density at radius 1 is 1.14 bits per heavy atom.